The molecule has 0 aliphatic rings. The molecule has 39 heavy (non-hydrogen) atoms. The van der Waals surface area contributed by atoms with Crippen molar-refractivity contribution in [2.24, 2.45) is 0 Å². The van der Waals surface area contributed by atoms with Gasteiger partial charge in [0.2, 0.25) is 0 Å². The Morgan fingerprint density at radius 1 is 0.436 bits per heavy atom. The number of aliphatic hydroxyl groups is 2. The van der Waals surface area contributed by atoms with Gasteiger partial charge in [0, 0.05) is 17.1 Å². The number of benzene rings is 4. The zero-order chi connectivity index (χ0) is 27.1. The molecule has 0 aromatic heterocycles. The third-order valence-corrected chi connectivity index (χ3v) is 5.89. The summed E-state index contributed by atoms with van der Waals surface area (Å²) in [6.07, 6.45) is 0. The molecule has 4 aromatic rings. The third kappa shape index (κ3) is 8.56. The van der Waals surface area contributed by atoms with Gasteiger partial charge in [0.05, 0.1) is 39.6 Å². The average Bonchev–Trinajstić information content (AvgIpc) is 2.99. The molecule has 0 saturated heterocycles. The van der Waals surface area contributed by atoms with Crippen LogP contribution >= 0.6 is 0 Å². The molecule has 7 nitrogen and oxygen atoms in total. The minimum atomic E-state index is 0.00964. The molecule has 4 aromatic carbocycles. The van der Waals surface area contributed by atoms with E-state index in [-0.39, 0.29) is 13.2 Å². The number of aliphatic hydroxyl groups excluding tert-OH is 2. The lowest BCUT2D eigenvalue weighted by Gasteiger charge is -2.26. The molecule has 0 heterocycles. The van der Waals surface area contributed by atoms with Crippen molar-refractivity contribution in [3.63, 3.8) is 0 Å². The van der Waals surface area contributed by atoms with Gasteiger partial charge in [0.15, 0.2) is 0 Å². The molecule has 0 fully saturated rings. The molecule has 0 aliphatic heterocycles. The Morgan fingerprint density at radius 3 is 1.33 bits per heavy atom. The molecule has 0 bridgehead atoms. The fourth-order valence-corrected chi connectivity index (χ4v) is 4.03. The fourth-order valence-electron chi connectivity index (χ4n) is 4.03. The van der Waals surface area contributed by atoms with Crippen LogP contribution < -0.4 is 14.4 Å². The molecule has 4 rings (SSSR count). The molecular weight excluding hydrogens is 494 g/mol. The predicted molar refractivity (Wildman–Crippen MR) is 153 cm³/mol. The monoisotopic (exact) mass is 529 g/mol. The van der Waals surface area contributed by atoms with E-state index in [0.717, 1.165) is 39.7 Å². The molecule has 0 aliphatic carbocycles. The van der Waals surface area contributed by atoms with Crippen LogP contribution in [0.1, 0.15) is 0 Å². The van der Waals surface area contributed by atoms with Gasteiger partial charge in [-0.25, -0.2) is 0 Å². The van der Waals surface area contributed by atoms with Crippen LogP contribution in [0.15, 0.2) is 103 Å². The Morgan fingerprint density at radius 2 is 0.846 bits per heavy atom. The van der Waals surface area contributed by atoms with E-state index in [0.29, 0.717) is 39.6 Å². The smallest absolute Gasteiger partial charge is 0.119 e. The summed E-state index contributed by atoms with van der Waals surface area (Å²) in [5.41, 5.74) is 5.32. The minimum Gasteiger partial charge on any atom is -0.491 e. The number of hydrogen-bond donors (Lipinski definition) is 2. The number of nitrogens with zero attached hydrogens (tertiary/aromatic N) is 1. The highest BCUT2D eigenvalue weighted by atomic mass is 16.5. The highest BCUT2D eigenvalue weighted by Gasteiger charge is 2.13. The average molecular weight is 530 g/mol. The number of anilines is 3. The molecule has 2 N–H and O–H groups in total. The van der Waals surface area contributed by atoms with Crippen molar-refractivity contribution in [1.29, 1.82) is 0 Å². The second-order valence-corrected chi connectivity index (χ2v) is 8.60. The van der Waals surface area contributed by atoms with Crippen molar-refractivity contribution in [3.05, 3.63) is 103 Å². The topological polar surface area (TPSA) is 80.6 Å². The van der Waals surface area contributed by atoms with Gasteiger partial charge >= 0.3 is 0 Å². The van der Waals surface area contributed by atoms with Crippen LogP contribution in [0.4, 0.5) is 17.1 Å². The van der Waals surface area contributed by atoms with Crippen molar-refractivity contribution >= 4 is 17.1 Å². The Hall–Kier alpha value is -3.88. The molecule has 7 heteroatoms. The van der Waals surface area contributed by atoms with Gasteiger partial charge in [-0.15, -0.1) is 0 Å². The van der Waals surface area contributed by atoms with Gasteiger partial charge in [0.1, 0.15) is 24.7 Å². The zero-order valence-corrected chi connectivity index (χ0v) is 21.9. The first-order chi connectivity index (χ1) is 19.3. The van der Waals surface area contributed by atoms with E-state index < -0.39 is 0 Å². The van der Waals surface area contributed by atoms with E-state index in [4.69, 9.17) is 29.2 Å². The number of rotatable bonds is 16. The molecule has 0 saturated carbocycles. The summed E-state index contributed by atoms with van der Waals surface area (Å²) in [7, 11) is 0. The van der Waals surface area contributed by atoms with E-state index in [1.807, 2.05) is 66.7 Å². The maximum Gasteiger partial charge on any atom is 0.119 e. The predicted octanol–water partition coefficient (Wildman–Crippen LogP) is 5.60. The lowest BCUT2D eigenvalue weighted by Crippen LogP contribution is -2.10. The van der Waals surface area contributed by atoms with E-state index in [1.165, 1.54) is 0 Å². The molecule has 0 amide bonds. The molecule has 0 spiro atoms. The highest BCUT2D eigenvalue weighted by Crippen LogP contribution is 2.36. The van der Waals surface area contributed by atoms with Gasteiger partial charge in [-0.1, -0.05) is 42.5 Å². The van der Waals surface area contributed by atoms with Gasteiger partial charge in [-0.05, 0) is 71.8 Å². The first kappa shape index (κ1) is 28.1. The zero-order valence-electron chi connectivity index (χ0n) is 21.9. The van der Waals surface area contributed by atoms with E-state index >= 15 is 0 Å². The largest absolute Gasteiger partial charge is 0.491 e. The van der Waals surface area contributed by atoms with Gasteiger partial charge in [-0.2, -0.15) is 0 Å². The maximum absolute atomic E-state index is 8.80. The second-order valence-electron chi connectivity index (χ2n) is 8.60. The van der Waals surface area contributed by atoms with Gasteiger partial charge in [0.25, 0.3) is 0 Å². The minimum absolute atomic E-state index is 0.00964. The fraction of sp³-hybridized carbons (Fsp3) is 0.250. The number of hydrogen-bond acceptors (Lipinski definition) is 7. The van der Waals surface area contributed by atoms with Crippen molar-refractivity contribution in [3.8, 4) is 22.6 Å². The Balaban J connectivity index is 1.45. The molecular formula is C32H35NO6. The highest BCUT2D eigenvalue weighted by molar-refractivity contribution is 5.78. The van der Waals surface area contributed by atoms with Crippen LogP contribution in [0.2, 0.25) is 0 Å². The summed E-state index contributed by atoms with van der Waals surface area (Å²) >= 11 is 0. The molecule has 0 unspecified atom stereocenters. The lowest BCUT2D eigenvalue weighted by molar-refractivity contribution is 0.0705. The lowest BCUT2D eigenvalue weighted by atomic mass is 10.0. The first-order valence-electron chi connectivity index (χ1n) is 13.1. The van der Waals surface area contributed by atoms with E-state index in [1.54, 1.807) is 0 Å². The van der Waals surface area contributed by atoms with Crippen LogP contribution in [-0.4, -0.2) is 63.1 Å². The normalized spacial score (nSPS) is 10.8. The standard InChI is InChI=1S/C32H35NO6/c34-18-20-36-22-24-38-31-14-8-27(9-15-31)26-6-10-29(11-7-26)33(28-4-2-1-3-5-28)30-12-16-32(17-13-30)39-25-23-37-21-19-35/h1-17,34-35H,18-25H2. The van der Waals surface area contributed by atoms with Crippen LogP contribution in [-0.2, 0) is 9.47 Å². The Bertz CT molecular complexity index is 1210. The number of ether oxygens (including phenoxy) is 4. The summed E-state index contributed by atoms with van der Waals surface area (Å²) < 4.78 is 21.9. The van der Waals surface area contributed by atoms with Crippen molar-refractivity contribution in [2.45, 2.75) is 0 Å². The van der Waals surface area contributed by atoms with Crippen molar-refractivity contribution in [2.75, 3.05) is 57.8 Å². The summed E-state index contributed by atoms with van der Waals surface area (Å²) in [6.45, 7) is 2.40. The van der Waals surface area contributed by atoms with E-state index in [9.17, 15) is 0 Å². The SMILES string of the molecule is OCCOCCOc1ccc(-c2ccc(N(c3ccccc3)c3ccc(OCCOCCO)cc3)cc2)cc1. The quantitative estimate of drug-likeness (QED) is 0.183. The maximum atomic E-state index is 8.80. The first-order valence-corrected chi connectivity index (χ1v) is 13.1. The van der Waals surface area contributed by atoms with Crippen LogP contribution in [0.5, 0.6) is 11.5 Å². The molecule has 0 radical (unpaired) electrons. The summed E-state index contributed by atoms with van der Waals surface area (Å²) in [4.78, 5) is 2.20. The summed E-state index contributed by atoms with van der Waals surface area (Å²) in [5.74, 6) is 1.54. The summed E-state index contributed by atoms with van der Waals surface area (Å²) in [5, 5.41) is 17.6. The molecule has 204 valence electrons. The van der Waals surface area contributed by atoms with Crippen LogP contribution in [0.25, 0.3) is 11.1 Å². The van der Waals surface area contributed by atoms with E-state index in [2.05, 4.69) is 41.3 Å². The Labute approximate surface area is 229 Å². The Kier molecular flexibility index (Phi) is 11.2. The second kappa shape index (κ2) is 15.5. The molecule has 0 atom stereocenters. The summed E-state index contributed by atoms with van der Waals surface area (Å²) in [6, 6.07) is 34.7. The van der Waals surface area contributed by atoms with Gasteiger partial charge in [-0.3, -0.25) is 0 Å². The van der Waals surface area contributed by atoms with Crippen molar-refractivity contribution in [1.82, 2.24) is 0 Å². The van der Waals surface area contributed by atoms with Crippen LogP contribution in [0.3, 0.4) is 0 Å². The third-order valence-electron chi connectivity index (χ3n) is 5.89. The van der Waals surface area contributed by atoms with Gasteiger partial charge < -0.3 is 34.1 Å². The van der Waals surface area contributed by atoms with Crippen molar-refractivity contribution < 1.29 is 29.2 Å². The van der Waals surface area contributed by atoms with Crippen LogP contribution in [0, 0.1) is 0 Å². The number of para-hydroxylation sites is 1.